The van der Waals surface area contributed by atoms with Crippen molar-refractivity contribution in [1.82, 2.24) is 9.97 Å². The number of para-hydroxylation sites is 1. The van der Waals surface area contributed by atoms with Crippen molar-refractivity contribution in [2.24, 2.45) is 0 Å². The van der Waals surface area contributed by atoms with Crippen molar-refractivity contribution < 1.29 is 14.4 Å². The number of hydrogen-bond donors (Lipinski definition) is 2. The highest BCUT2D eigenvalue weighted by Crippen LogP contribution is 2.11. The maximum Gasteiger partial charge on any atom is 0.436 e. The van der Waals surface area contributed by atoms with Crippen molar-refractivity contribution in [2.45, 2.75) is 6.92 Å². The van der Waals surface area contributed by atoms with E-state index in [-0.39, 0.29) is 5.95 Å². The monoisotopic (exact) mass is 274 g/mol. The van der Waals surface area contributed by atoms with Gasteiger partial charge in [0.1, 0.15) is 0 Å². The van der Waals surface area contributed by atoms with E-state index in [0.717, 1.165) is 0 Å². The van der Waals surface area contributed by atoms with Gasteiger partial charge in [-0.25, -0.2) is 9.78 Å². The summed E-state index contributed by atoms with van der Waals surface area (Å²) in [6.07, 6.45) is -0.666. The molecule has 0 saturated heterocycles. The van der Waals surface area contributed by atoms with Crippen LogP contribution >= 0.6 is 0 Å². The molecule has 1 amide bonds. The Morgan fingerprint density at radius 1 is 1.20 bits per heavy atom. The molecule has 0 aliphatic heterocycles. The van der Waals surface area contributed by atoms with E-state index in [1.807, 2.05) is 6.07 Å². The van der Waals surface area contributed by atoms with Crippen LogP contribution in [0, 0.1) is 6.92 Å². The maximum atomic E-state index is 11.5. The molecular weight excluding hydrogens is 260 g/mol. The van der Waals surface area contributed by atoms with Gasteiger partial charge in [-0.15, -0.1) is 0 Å². The first-order valence-electron chi connectivity index (χ1n) is 5.86. The lowest BCUT2D eigenvalue weighted by atomic mass is 10.3. The minimum Gasteiger partial charge on any atom is -0.481 e. The van der Waals surface area contributed by atoms with E-state index in [1.54, 1.807) is 37.3 Å². The number of carbonyl (C=O) groups is 1. The molecule has 0 unspecified atom stereocenters. The Balaban J connectivity index is 1.92. The van der Waals surface area contributed by atoms with E-state index in [0.29, 0.717) is 17.3 Å². The zero-order valence-electron chi connectivity index (χ0n) is 11.1. The Bertz CT molecular complexity index is 589. The highest BCUT2D eigenvalue weighted by atomic mass is 16.7. The van der Waals surface area contributed by atoms with E-state index in [9.17, 15) is 4.79 Å². The van der Waals surface area contributed by atoms with Crippen LogP contribution < -0.4 is 15.5 Å². The normalized spacial score (nSPS) is 9.70. The minimum absolute atomic E-state index is 0.144. The predicted octanol–water partition coefficient (Wildman–Crippen LogP) is 2.37. The first-order valence-corrected chi connectivity index (χ1v) is 5.86. The second-order valence-corrected chi connectivity index (χ2v) is 3.86. The van der Waals surface area contributed by atoms with Crippen LogP contribution in [0.3, 0.4) is 0 Å². The molecule has 1 heterocycles. The fourth-order valence-electron chi connectivity index (χ4n) is 1.45. The number of methoxy groups -OCH3 is 1. The molecule has 0 spiro atoms. The summed E-state index contributed by atoms with van der Waals surface area (Å²) in [7, 11) is 1.49. The minimum atomic E-state index is -0.666. The topological polar surface area (TPSA) is 85.4 Å². The molecule has 7 nitrogen and oxygen atoms in total. The first-order chi connectivity index (χ1) is 9.67. The number of ether oxygens (including phenoxy) is 1. The lowest BCUT2D eigenvalue weighted by Crippen LogP contribution is -2.18. The van der Waals surface area contributed by atoms with E-state index in [2.05, 4.69) is 20.8 Å². The van der Waals surface area contributed by atoms with Gasteiger partial charge in [0.25, 0.3) is 5.95 Å². The van der Waals surface area contributed by atoms with Gasteiger partial charge in [-0.05, 0) is 19.1 Å². The van der Waals surface area contributed by atoms with Crippen molar-refractivity contribution in [3.63, 3.8) is 0 Å². The molecule has 0 saturated carbocycles. The second-order valence-electron chi connectivity index (χ2n) is 3.86. The molecular formula is C13H14N4O3. The zero-order valence-corrected chi connectivity index (χ0v) is 11.1. The molecule has 2 aromatic rings. The fraction of sp³-hybridized carbons (Fsp3) is 0.154. The number of nitrogens with one attached hydrogen (secondary N) is 2. The number of benzene rings is 1. The Labute approximate surface area is 115 Å². The summed E-state index contributed by atoms with van der Waals surface area (Å²) in [4.78, 5) is 24.4. The third-order valence-electron chi connectivity index (χ3n) is 2.30. The number of anilines is 2. The van der Waals surface area contributed by atoms with Gasteiger partial charge in [0.2, 0.25) is 5.88 Å². The summed E-state index contributed by atoms with van der Waals surface area (Å²) in [5, 5.41) is 2.54. The third kappa shape index (κ3) is 3.84. The number of hydrogen-bond acceptors (Lipinski definition) is 6. The summed E-state index contributed by atoms with van der Waals surface area (Å²) >= 11 is 0. The maximum absolute atomic E-state index is 11.5. The van der Waals surface area contributed by atoms with E-state index in [1.165, 1.54) is 7.11 Å². The van der Waals surface area contributed by atoms with Crippen molar-refractivity contribution in [1.29, 1.82) is 0 Å². The van der Waals surface area contributed by atoms with Gasteiger partial charge in [0.15, 0.2) is 0 Å². The summed E-state index contributed by atoms with van der Waals surface area (Å²) in [6.45, 7) is 1.78. The quantitative estimate of drug-likeness (QED) is 0.832. The molecule has 2 N–H and O–H groups in total. The van der Waals surface area contributed by atoms with Crippen LogP contribution in [0.25, 0.3) is 0 Å². The van der Waals surface area contributed by atoms with Crippen LogP contribution in [0.2, 0.25) is 0 Å². The molecule has 0 aliphatic carbocycles. The van der Waals surface area contributed by atoms with Crippen LogP contribution in [0.15, 0.2) is 36.4 Å². The van der Waals surface area contributed by atoms with Gasteiger partial charge in [0, 0.05) is 17.4 Å². The van der Waals surface area contributed by atoms with E-state index >= 15 is 0 Å². The molecule has 20 heavy (non-hydrogen) atoms. The third-order valence-corrected chi connectivity index (χ3v) is 2.30. The number of carbonyl (C=O) groups excluding carboxylic acids is 1. The first kappa shape index (κ1) is 13.6. The molecule has 0 radical (unpaired) electrons. The second kappa shape index (κ2) is 6.37. The zero-order chi connectivity index (χ0) is 14.4. The Kier molecular flexibility index (Phi) is 4.33. The van der Waals surface area contributed by atoms with Gasteiger partial charge >= 0.3 is 6.09 Å². The number of nitrogens with zero attached hydrogens (tertiary/aromatic N) is 2. The highest BCUT2D eigenvalue weighted by molar-refractivity contribution is 5.84. The Morgan fingerprint density at radius 2 is 1.95 bits per heavy atom. The smallest absolute Gasteiger partial charge is 0.436 e. The summed E-state index contributed by atoms with van der Waals surface area (Å²) in [5.74, 6) is 0.525. The number of rotatable bonds is 4. The Morgan fingerprint density at radius 3 is 2.65 bits per heavy atom. The van der Waals surface area contributed by atoms with Crippen molar-refractivity contribution >= 4 is 17.7 Å². The number of aromatic nitrogens is 2. The molecule has 0 fully saturated rings. The average Bonchev–Trinajstić information content (AvgIpc) is 2.45. The summed E-state index contributed by atoms with van der Waals surface area (Å²) in [5.41, 5.74) is 3.68. The molecule has 0 atom stereocenters. The van der Waals surface area contributed by atoms with Crippen LogP contribution in [0.1, 0.15) is 5.69 Å². The van der Waals surface area contributed by atoms with Gasteiger partial charge in [-0.3, -0.25) is 5.32 Å². The van der Waals surface area contributed by atoms with Crippen LogP contribution in [0.4, 0.5) is 16.4 Å². The fourth-order valence-corrected chi connectivity index (χ4v) is 1.45. The van der Waals surface area contributed by atoms with Crippen LogP contribution in [0.5, 0.6) is 5.88 Å². The van der Waals surface area contributed by atoms with Gasteiger partial charge in [-0.1, -0.05) is 18.2 Å². The number of amides is 1. The van der Waals surface area contributed by atoms with Gasteiger partial charge in [-0.2, -0.15) is 10.5 Å². The average molecular weight is 274 g/mol. The van der Waals surface area contributed by atoms with Gasteiger partial charge in [0.05, 0.1) is 7.11 Å². The molecule has 104 valence electrons. The molecule has 7 heteroatoms. The van der Waals surface area contributed by atoms with E-state index in [4.69, 9.17) is 9.57 Å². The van der Waals surface area contributed by atoms with Crippen LogP contribution in [-0.2, 0) is 4.84 Å². The molecule has 2 rings (SSSR count). The number of aryl methyl sites for hydroxylation is 1. The van der Waals surface area contributed by atoms with Crippen molar-refractivity contribution in [2.75, 3.05) is 17.9 Å². The summed E-state index contributed by atoms with van der Waals surface area (Å²) in [6, 6.07) is 10.6. The van der Waals surface area contributed by atoms with Crippen molar-refractivity contribution in [3.05, 3.63) is 42.1 Å². The Hall–Kier alpha value is -2.83. The SMILES string of the molecule is COc1cc(C)nc(NOC(=O)Nc2ccccc2)n1. The predicted molar refractivity (Wildman–Crippen MR) is 73.5 cm³/mol. The molecule has 1 aromatic carbocycles. The highest BCUT2D eigenvalue weighted by Gasteiger charge is 2.06. The summed E-state index contributed by atoms with van der Waals surface area (Å²) < 4.78 is 4.99. The lowest BCUT2D eigenvalue weighted by Gasteiger charge is -2.08. The standard InChI is InChI=1S/C13H14N4O3/c1-9-8-11(19-2)16-12(14-9)17-20-13(18)15-10-6-4-3-5-7-10/h3-8H,1-2H3,(H,15,18)(H,14,16,17). The van der Waals surface area contributed by atoms with Crippen LogP contribution in [-0.4, -0.2) is 23.2 Å². The van der Waals surface area contributed by atoms with Crippen molar-refractivity contribution in [3.8, 4) is 5.88 Å². The van der Waals surface area contributed by atoms with E-state index < -0.39 is 6.09 Å². The molecule has 0 bridgehead atoms. The van der Waals surface area contributed by atoms with Gasteiger partial charge < -0.3 is 9.57 Å². The molecule has 0 aliphatic rings. The lowest BCUT2D eigenvalue weighted by molar-refractivity contribution is 0.184. The molecule has 1 aromatic heterocycles. The largest absolute Gasteiger partial charge is 0.481 e.